The maximum Gasteiger partial charge on any atom is 0.338 e. The lowest BCUT2D eigenvalue weighted by molar-refractivity contribution is -0.146. The van der Waals surface area contributed by atoms with E-state index >= 15 is 4.39 Å². The smallest absolute Gasteiger partial charge is 0.338 e. The number of hydrogen-bond donors (Lipinski definition) is 0. The largest absolute Gasteiger partial charge is 0.483 e. The van der Waals surface area contributed by atoms with Crippen molar-refractivity contribution < 1.29 is 71.1 Å². The van der Waals surface area contributed by atoms with E-state index in [1.54, 1.807) is 72.8 Å². The fraction of sp³-hybridized carbons (Fsp3) is 0.232. The second-order valence-corrected chi connectivity index (χ2v) is 16.4. The van der Waals surface area contributed by atoms with Gasteiger partial charge in [-0.05, 0) is 106 Å². The molecule has 0 spiro atoms. The summed E-state index contributed by atoms with van der Waals surface area (Å²) in [6.45, 7) is 27.1. The van der Waals surface area contributed by atoms with Crippen LogP contribution >= 0.6 is 0 Å². The number of benzene rings is 4. The van der Waals surface area contributed by atoms with Crippen LogP contribution in [-0.2, 0) is 47.7 Å². The van der Waals surface area contributed by atoms with Gasteiger partial charge in [0.05, 0.1) is 13.1 Å². The molecule has 0 fully saturated rings. The Kier molecular flexibility index (Phi) is 20.9. The van der Waals surface area contributed by atoms with E-state index in [0.29, 0.717) is 16.9 Å². The van der Waals surface area contributed by atoms with Crippen LogP contribution in [0.4, 0.5) is 4.39 Å². The van der Waals surface area contributed by atoms with Crippen molar-refractivity contribution in [1.29, 1.82) is 0 Å². The lowest BCUT2D eigenvalue weighted by atomic mass is 10.0. The zero-order valence-electron chi connectivity index (χ0n) is 40.7. The van der Waals surface area contributed by atoms with E-state index in [-0.39, 0.29) is 109 Å². The van der Waals surface area contributed by atoms with E-state index in [2.05, 4.69) is 39.5 Å². The van der Waals surface area contributed by atoms with Gasteiger partial charge in [0.2, 0.25) is 0 Å². The van der Waals surface area contributed by atoms with Crippen molar-refractivity contribution in [1.82, 2.24) is 4.90 Å². The molecule has 4 aromatic rings. The van der Waals surface area contributed by atoms with Gasteiger partial charge in [0.15, 0.2) is 6.10 Å². The van der Waals surface area contributed by atoms with Gasteiger partial charge >= 0.3 is 35.8 Å². The maximum atomic E-state index is 15.3. The lowest BCUT2D eigenvalue weighted by Crippen LogP contribution is -2.37. The molecule has 72 heavy (non-hydrogen) atoms. The highest BCUT2D eigenvalue weighted by molar-refractivity contribution is 5.95. The highest BCUT2D eigenvalue weighted by atomic mass is 19.1. The van der Waals surface area contributed by atoms with Crippen LogP contribution in [0.1, 0.15) is 50.9 Å². The van der Waals surface area contributed by atoms with E-state index in [1.165, 1.54) is 44.7 Å². The van der Waals surface area contributed by atoms with Crippen molar-refractivity contribution in [3.8, 4) is 39.5 Å². The summed E-state index contributed by atoms with van der Waals surface area (Å²) in [5.74, 6) is -4.65. The van der Waals surface area contributed by atoms with Gasteiger partial charge in [-0.15, -0.1) is 0 Å². The third-order valence-corrected chi connectivity index (χ3v) is 10.1. The third kappa shape index (κ3) is 17.4. The molecule has 376 valence electrons. The zero-order chi connectivity index (χ0) is 53.1. The van der Waals surface area contributed by atoms with Crippen molar-refractivity contribution in [3.05, 3.63) is 175 Å². The van der Waals surface area contributed by atoms with Gasteiger partial charge in [-0.1, -0.05) is 75.9 Å². The van der Waals surface area contributed by atoms with Crippen LogP contribution < -0.4 is 14.2 Å². The van der Waals surface area contributed by atoms with Crippen LogP contribution in [-0.4, -0.2) is 92.2 Å². The summed E-state index contributed by atoms with van der Waals surface area (Å²) in [4.78, 5) is 88.3. The highest BCUT2D eigenvalue weighted by Crippen LogP contribution is 2.29. The van der Waals surface area contributed by atoms with Crippen LogP contribution in [0, 0.1) is 5.82 Å². The minimum Gasteiger partial charge on any atom is -0.483 e. The molecule has 4 rings (SSSR count). The summed E-state index contributed by atoms with van der Waals surface area (Å²) >= 11 is 0. The van der Waals surface area contributed by atoms with Crippen LogP contribution in [0.25, 0.3) is 22.3 Å². The molecular weight excluding hydrogens is 930 g/mol. The quantitative estimate of drug-likeness (QED) is 0.0251. The molecule has 0 unspecified atom stereocenters. The Morgan fingerprint density at radius 2 is 0.875 bits per heavy atom. The molecule has 0 atom stereocenters. The molecule has 0 aromatic heterocycles. The normalized spacial score (nSPS) is 10.5. The number of carbonyl (C=O) groups excluding carboxylic acids is 7. The molecule has 0 aliphatic carbocycles. The standard InChI is InChI=1S/C56H56FNO14/c1-34(2)51(60)66-29-27-58(28-30-67-52(61)35(3)4)50(59)43-15-13-40(14-16-43)41-17-21-45(22-18-41)71-55(64)38(9)11-12-39(10)56(65)72-46-25-26-48(49(57)31-46)42-19-23-44(24-20-42)70-47(32-68-53(62)36(5)6)33-69-54(63)37(7)8/h13-26,31,47H,1,3,5,7,9-12,27-30,32-33H2,2,4,6,8H3. The molecular formula is C56H56FNO14. The van der Waals surface area contributed by atoms with Crippen molar-refractivity contribution in [2.45, 2.75) is 46.6 Å². The Bertz CT molecular complexity index is 2690. The van der Waals surface area contributed by atoms with Crippen molar-refractivity contribution in [2.24, 2.45) is 0 Å². The summed E-state index contributed by atoms with van der Waals surface area (Å²) in [5, 5.41) is 0. The molecule has 0 aliphatic rings. The van der Waals surface area contributed by atoms with Crippen LogP contribution in [0.2, 0.25) is 0 Å². The summed E-state index contributed by atoms with van der Waals surface area (Å²) in [6, 6.07) is 23.5. The Hall–Kier alpha value is -8.66. The molecule has 1 amide bonds. The fourth-order valence-corrected chi connectivity index (χ4v) is 6.02. The van der Waals surface area contributed by atoms with Gasteiger partial charge in [-0.3, -0.25) is 4.79 Å². The first-order valence-electron chi connectivity index (χ1n) is 22.3. The molecule has 0 heterocycles. The SMILES string of the molecule is C=C(C)C(=O)OCCN(CCOC(=O)C(=C)C)C(=O)c1ccc(-c2ccc(OC(=O)C(=C)CCC(=C)C(=O)Oc3ccc(-c4ccc(OC(COC(=O)C(=C)C)COC(=O)C(=C)C)cc4)c(F)c3)cc2)cc1. The molecule has 0 bridgehead atoms. The number of amides is 1. The Morgan fingerprint density at radius 1 is 0.486 bits per heavy atom. The molecule has 0 radical (unpaired) electrons. The number of carbonyl (C=O) groups is 7. The van der Waals surface area contributed by atoms with E-state index in [9.17, 15) is 33.6 Å². The Labute approximate surface area is 417 Å². The maximum absolute atomic E-state index is 15.3. The number of halogens is 1. The molecule has 15 nitrogen and oxygen atoms in total. The predicted molar refractivity (Wildman–Crippen MR) is 266 cm³/mol. The summed E-state index contributed by atoms with van der Waals surface area (Å²) in [7, 11) is 0. The fourth-order valence-electron chi connectivity index (χ4n) is 6.02. The van der Waals surface area contributed by atoms with E-state index in [4.69, 9.17) is 33.2 Å². The number of ether oxygens (including phenoxy) is 7. The number of esters is 6. The van der Waals surface area contributed by atoms with Gasteiger partial charge < -0.3 is 38.1 Å². The molecule has 0 N–H and O–H groups in total. The van der Waals surface area contributed by atoms with Crippen LogP contribution in [0.15, 0.2) is 164 Å². The first-order chi connectivity index (χ1) is 34.1. The molecule has 4 aromatic carbocycles. The van der Waals surface area contributed by atoms with Crippen LogP contribution in [0.5, 0.6) is 17.2 Å². The monoisotopic (exact) mass is 985 g/mol. The minimum atomic E-state index is -0.873. The average molecular weight is 986 g/mol. The predicted octanol–water partition coefficient (Wildman–Crippen LogP) is 9.23. The summed E-state index contributed by atoms with van der Waals surface area (Å²) in [5.41, 5.74) is 3.35. The summed E-state index contributed by atoms with van der Waals surface area (Å²) < 4.78 is 52.8. The topological polar surface area (TPSA) is 187 Å². The second kappa shape index (κ2) is 26.9. The lowest BCUT2D eigenvalue weighted by Gasteiger charge is -2.23. The van der Waals surface area contributed by atoms with Crippen molar-refractivity contribution in [3.63, 3.8) is 0 Å². The Morgan fingerprint density at radius 3 is 1.32 bits per heavy atom. The Balaban J connectivity index is 1.27. The number of hydrogen-bond acceptors (Lipinski definition) is 14. The average Bonchev–Trinajstić information content (AvgIpc) is 3.35. The van der Waals surface area contributed by atoms with E-state index in [1.807, 2.05) is 0 Å². The van der Waals surface area contributed by atoms with Gasteiger partial charge in [0.1, 0.15) is 49.5 Å². The van der Waals surface area contributed by atoms with Gasteiger partial charge in [0.25, 0.3) is 5.91 Å². The molecule has 16 heteroatoms. The minimum absolute atomic E-state index is 0.00378. The van der Waals surface area contributed by atoms with Crippen molar-refractivity contribution in [2.75, 3.05) is 39.5 Å². The first kappa shape index (κ1) is 55.9. The van der Waals surface area contributed by atoms with Crippen molar-refractivity contribution >= 4 is 41.7 Å². The zero-order valence-corrected chi connectivity index (χ0v) is 40.7. The van der Waals surface area contributed by atoms with E-state index < -0.39 is 47.7 Å². The van der Waals surface area contributed by atoms with Gasteiger partial charge in [-0.25, -0.2) is 33.2 Å². The number of rotatable bonds is 26. The molecule has 0 aliphatic heterocycles. The molecule has 0 saturated carbocycles. The van der Waals surface area contributed by atoms with Crippen LogP contribution in [0.3, 0.4) is 0 Å². The second-order valence-electron chi connectivity index (χ2n) is 16.4. The third-order valence-electron chi connectivity index (χ3n) is 10.1. The summed E-state index contributed by atoms with van der Waals surface area (Å²) in [6.07, 6.45) is -0.864. The van der Waals surface area contributed by atoms with Gasteiger partial charge in [-0.2, -0.15) is 0 Å². The van der Waals surface area contributed by atoms with Gasteiger partial charge in [0, 0.05) is 50.6 Å². The number of nitrogens with zero attached hydrogens (tertiary/aromatic N) is 1. The molecule has 0 saturated heterocycles. The highest BCUT2D eigenvalue weighted by Gasteiger charge is 2.21. The van der Waals surface area contributed by atoms with E-state index in [0.717, 1.165) is 17.2 Å². The first-order valence-corrected chi connectivity index (χ1v) is 22.3.